The van der Waals surface area contributed by atoms with Crippen molar-refractivity contribution >= 4 is 11.6 Å². The SMILES string of the molecule is CC(Cc1ccc(Cl)cc1)NC(C)c1nnc2n1CCC2. The van der Waals surface area contributed by atoms with Gasteiger partial charge in [0.2, 0.25) is 0 Å². The molecule has 2 heterocycles. The number of hydrogen-bond acceptors (Lipinski definition) is 3. The van der Waals surface area contributed by atoms with Gasteiger partial charge in [-0.1, -0.05) is 23.7 Å². The zero-order valence-corrected chi connectivity index (χ0v) is 13.3. The minimum atomic E-state index is 0.214. The Morgan fingerprint density at radius 3 is 2.76 bits per heavy atom. The molecule has 3 rings (SSSR count). The maximum absolute atomic E-state index is 5.92. The van der Waals surface area contributed by atoms with Gasteiger partial charge in [0.1, 0.15) is 11.6 Å². The summed E-state index contributed by atoms with van der Waals surface area (Å²) < 4.78 is 2.26. The van der Waals surface area contributed by atoms with Crippen molar-refractivity contribution in [3.63, 3.8) is 0 Å². The smallest absolute Gasteiger partial charge is 0.149 e. The lowest BCUT2D eigenvalue weighted by molar-refractivity contribution is 0.447. The molecule has 2 aromatic rings. The van der Waals surface area contributed by atoms with E-state index in [0.717, 1.165) is 36.1 Å². The van der Waals surface area contributed by atoms with Gasteiger partial charge in [0.25, 0.3) is 0 Å². The van der Waals surface area contributed by atoms with Crippen LogP contribution in [-0.4, -0.2) is 20.8 Å². The number of aryl methyl sites for hydroxylation is 1. The molecule has 1 aliphatic rings. The molecule has 0 spiro atoms. The Morgan fingerprint density at radius 1 is 1.24 bits per heavy atom. The zero-order chi connectivity index (χ0) is 14.8. The van der Waals surface area contributed by atoms with Crippen LogP contribution in [-0.2, 0) is 19.4 Å². The van der Waals surface area contributed by atoms with Crippen molar-refractivity contribution in [2.45, 2.75) is 51.7 Å². The first-order chi connectivity index (χ1) is 10.1. The molecule has 0 saturated heterocycles. The van der Waals surface area contributed by atoms with Crippen LogP contribution in [0.1, 0.15) is 43.5 Å². The highest BCUT2D eigenvalue weighted by Gasteiger charge is 2.22. The minimum Gasteiger partial charge on any atom is -0.314 e. The molecule has 21 heavy (non-hydrogen) atoms. The molecule has 0 bridgehead atoms. The van der Waals surface area contributed by atoms with E-state index in [1.54, 1.807) is 0 Å². The first kappa shape index (κ1) is 14.5. The fraction of sp³-hybridized carbons (Fsp3) is 0.500. The Balaban J connectivity index is 1.61. The molecule has 1 aromatic heterocycles. The van der Waals surface area contributed by atoms with Crippen molar-refractivity contribution in [2.24, 2.45) is 0 Å². The first-order valence-corrected chi connectivity index (χ1v) is 7.94. The summed E-state index contributed by atoms with van der Waals surface area (Å²) in [7, 11) is 0. The maximum atomic E-state index is 5.92. The van der Waals surface area contributed by atoms with Gasteiger partial charge in [-0.25, -0.2) is 0 Å². The number of rotatable bonds is 5. The quantitative estimate of drug-likeness (QED) is 0.922. The Kier molecular flexibility index (Phi) is 4.27. The number of fused-ring (bicyclic) bond motifs is 1. The van der Waals surface area contributed by atoms with Crippen LogP contribution in [0, 0.1) is 0 Å². The Bertz CT molecular complexity index is 605. The summed E-state index contributed by atoms with van der Waals surface area (Å²) in [6.07, 6.45) is 3.22. The molecule has 0 aliphatic carbocycles. The molecule has 5 heteroatoms. The second-order valence-corrected chi connectivity index (χ2v) is 6.29. The van der Waals surface area contributed by atoms with Gasteiger partial charge in [-0.05, 0) is 44.4 Å². The average Bonchev–Trinajstić information content (AvgIpc) is 3.03. The molecule has 0 radical (unpaired) electrons. The van der Waals surface area contributed by atoms with E-state index in [1.807, 2.05) is 12.1 Å². The highest BCUT2D eigenvalue weighted by atomic mass is 35.5. The number of halogens is 1. The fourth-order valence-corrected chi connectivity index (χ4v) is 3.15. The maximum Gasteiger partial charge on any atom is 0.149 e. The molecule has 0 amide bonds. The Hall–Kier alpha value is -1.39. The van der Waals surface area contributed by atoms with Crippen molar-refractivity contribution in [3.8, 4) is 0 Å². The molecule has 4 nitrogen and oxygen atoms in total. The second-order valence-electron chi connectivity index (χ2n) is 5.85. The molecule has 2 unspecified atom stereocenters. The molecular weight excluding hydrogens is 284 g/mol. The van der Waals surface area contributed by atoms with Crippen LogP contribution in [0.3, 0.4) is 0 Å². The normalized spacial score (nSPS) is 16.7. The summed E-state index contributed by atoms with van der Waals surface area (Å²) in [6, 6.07) is 8.64. The lowest BCUT2D eigenvalue weighted by Crippen LogP contribution is -2.32. The lowest BCUT2D eigenvalue weighted by Gasteiger charge is -2.20. The summed E-state index contributed by atoms with van der Waals surface area (Å²) in [5.74, 6) is 2.19. The van der Waals surface area contributed by atoms with Crippen LogP contribution in [0.25, 0.3) is 0 Å². The van der Waals surface area contributed by atoms with Gasteiger partial charge in [-0.2, -0.15) is 0 Å². The molecule has 1 N–H and O–H groups in total. The fourth-order valence-electron chi connectivity index (χ4n) is 3.03. The van der Waals surface area contributed by atoms with Crippen LogP contribution >= 0.6 is 11.6 Å². The van der Waals surface area contributed by atoms with E-state index in [9.17, 15) is 0 Å². The first-order valence-electron chi connectivity index (χ1n) is 7.56. The van der Waals surface area contributed by atoms with E-state index < -0.39 is 0 Å². The third kappa shape index (κ3) is 3.27. The molecular formula is C16H21ClN4. The van der Waals surface area contributed by atoms with Gasteiger partial charge in [-0.3, -0.25) is 0 Å². The predicted molar refractivity (Wildman–Crippen MR) is 84.5 cm³/mol. The number of benzene rings is 1. The number of hydrogen-bond donors (Lipinski definition) is 1. The Morgan fingerprint density at radius 2 is 2.00 bits per heavy atom. The molecule has 0 fully saturated rings. The lowest BCUT2D eigenvalue weighted by atomic mass is 10.1. The van der Waals surface area contributed by atoms with Gasteiger partial charge in [0, 0.05) is 24.0 Å². The number of aromatic nitrogens is 3. The van der Waals surface area contributed by atoms with E-state index >= 15 is 0 Å². The molecule has 2 atom stereocenters. The van der Waals surface area contributed by atoms with Gasteiger partial charge in [0.05, 0.1) is 6.04 Å². The van der Waals surface area contributed by atoms with Gasteiger partial charge < -0.3 is 9.88 Å². The summed E-state index contributed by atoms with van der Waals surface area (Å²) >= 11 is 5.92. The second kappa shape index (κ2) is 6.16. The summed E-state index contributed by atoms with van der Waals surface area (Å²) in [5, 5.41) is 13.0. The highest BCUT2D eigenvalue weighted by Crippen LogP contribution is 2.19. The predicted octanol–water partition coefficient (Wildman–Crippen LogP) is 3.16. The topological polar surface area (TPSA) is 42.7 Å². The van der Waals surface area contributed by atoms with Gasteiger partial charge in [0.15, 0.2) is 0 Å². The molecule has 1 aliphatic heterocycles. The molecule has 1 aromatic carbocycles. The number of nitrogens with zero attached hydrogens (tertiary/aromatic N) is 3. The summed E-state index contributed by atoms with van der Waals surface area (Å²) in [6.45, 7) is 5.41. The van der Waals surface area contributed by atoms with E-state index in [-0.39, 0.29) is 6.04 Å². The van der Waals surface area contributed by atoms with E-state index in [4.69, 9.17) is 11.6 Å². The zero-order valence-electron chi connectivity index (χ0n) is 12.5. The minimum absolute atomic E-state index is 0.214. The van der Waals surface area contributed by atoms with Crippen molar-refractivity contribution in [2.75, 3.05) is 0 Å². The summed E-state index contributed by atoms with van der Waals surface area (Å²) in [4.78, 5) is 0. The third-order valence-electron chi connectivity index (χ3n) is 4.02. The van der Waals surface area contributed by atoms with E-state index in [1.165, 1.54) is 12.0 Å². The largest absolute Gasteiger partial charge is 0.314 e. The van der Waals surface area contributed by atoms with Gasteiger partial charge >= 0.3 is 0 Å². The summed E-state index contributed by atoms with van der Waals surface area (Å²) in [5.41, 5.74) is 1.29. The highest BCUT2D eigenvalue weighted by molar-refractivity contribution is 6.30. The van der Waals surface area contributed by atoms with Crippen LogP contribution in [0.15, 0.2) is 24.3 Å². The molecule has 112 valence electrons. The van der Waals surface area contributed by atoms with E-state index in [2.05, 4.69) is 46.1 Å². The standard InChI is InChI=1S/C16H21ClN4/c1-11(10-13-5-7-14(17)8-6-13)18-12(2)16-20-19-15-4-3-9-21(15)16/h5-8,11-12,18H,3-4,9-10H2,1-2H3. The van der Waals surface area contributed by atoms with Crippen LogP contribution in [0.5, 0.6) is 0 Å². The number of nitrogens with one attached hydrogen (secondary N) is 1. The van der Waals surface area contributed by atoms with Crippen molar-refractivity contribution in [3.05, 3.63) is 46.5 Å². The van der Waals surface area contributed by atoms with Crippen LogP contribution < -0.4 is 5.32 Å². The van der Waals surface area contributed by atoms with Gasteiger partial charge in [-0.15, -0.1) is 10.2 Å². The average molecular weight is 305 g/mol. The van der Waals surface area contributed by atoms with Crippen molar-refractivity contribution in [1.82, 2.24) is 20.1 Å². The monoisotopic (exact) mass is 304 g/mol. The third-order valence-corrected chi connectivity index (χ3v) is 4.27. The molecule has 0 saturated carbocycles. The van der Waals surface area contributed by atoms with E-state index in [0.29, 0.717) is 6.04 Å². The van der Waals surface area contributed by atoms with Crippen molar-refractivity contribution < 1.29 is 0 Å². The van der Waals surface area contributed by atoms with Crippen molar-refractivity contribution in [1.29, 1.82) is 0 Å². The Labute approximate surface area is 130 Å². The van der Waals surface area contributed by atoms with Crippen LogP contribution in [0.4, 0.5) is 0 Å². The van der Waals surface area contributed by atoms with Crippen LogP contribution in [0.2, 0.25) is 5.02 Å².